The molecule has 2 aromatic carbocycles. The van der Waals surface area contributed by atoms with Gasteiger partial charge in [0, 0.05) is 81.1 Å². The van der Waals surface area contributed by atoms with Crippen LogP contribution in [-0.2, 0) is 24.8 Å². The summed E-state index contributed by atoms with van der Waals surface area (Å²) >= 11 is 11.9. The normalized spacial score (nSPS) is 16.8. The highest BCUT2D eigenvalue weighted by atomic mass is 35.5. The van der Waals surface area contributed by atoms with Gasteiger partial charge in [-0.25, -0.2) is 41.8 Å². The van der Waals surface area contributed by atoms with Crippen LogP contribution in [0.3, 0.4) is 0 Å². The first-order valence-corrected chi connectivity index (χ1v) is 27.5. The standard InChI is InChI=1S/C24H20ClF2N5O4S.C18H20F2N4O4S.C6H4ClNO.C2H4O2/c1-14-4-6-18-23(29-14)32(22(30-18)17-3-2-10-28-21(17)25)15-8-11-31(12-9-15)37(33,34)16-5-7-19-20(13-16)36-24(26,27)35-19;1-11-2-4-14(21)17(22-11)23-12-6-8-24(9-7-12)29(25,26)13-3-5-15-16(10-13)28-18(19,20)27-15;7-6-5(4-9)2-1-3-8-6;1-2(3)4/h2-7,10,13,15H,8-9,11-12H2,1H3;2-5,10,12H,6-9,21H2,1H3,(H,22,23);1-4H;1H3,(H,3,4). The van der Waals surface area contributed by atoms with E-state index in [0.717, 1.165) is 30.4 Å². The fraction of sp³-hybridized carbons (Fsp3) is 0.300. The summed E-state index contributed by atoms with van der Waals surface area (Å²) in [5.74, 6) is -0.648. The molecule has 7 aromatic rings. The lowest BCUT2D eigenvalue weighted by molar-refractivity contribution is -0.287. The van der Waals surface area contributed by atoms with E-state index < -0.39 is 38.6 Å². The van der Waals surface area contributed by atoms with Crippen LogP contribution in [0.5, 0.6) is 23.0 Å². The van der Waals surface area contributed by atoms with Crippen LogP contribution < -0.4 is 30.0 Å². The molecule has 0 saturated carbocycles. The molecule has 79 heavy (non-hydrogen) atoms. The zero-order valence-electron chi connectivity index (χ0n) is 41.9. The largest absolute Gasteiger partial charge is 0.586 e. The minimum atomic E-state index is -3.95. The van der Waals surface area contributed by atoms with Crippen LogP contribution in [0.15, 0.2) is 107 Å². The van der Waals surface area contributed by atoms with E-state index in [1.807, 2.05) is 42.7 Å². The number of carbonyl (C=O) groups is 2. The molecular weight excluding hydrogens is 1130 g/mol. The molecule has 2 fully saturated rings. The van der Waals surface area contributed by atoms with E-state index >= 15 is 0 Å². The Labute approximate surface area is 459 Å². The monoisotopic (exact) mass is 1170 g/mol. The average molecular weight is 1180 g/mol. The van der Waals surface area contributed by atoms with Crippen molar-refractivity contribution in [2.75, 3.05) is 37.2 Å². The number of sulfonamides is 2. The number of nitrogen functional groups attached to an aromatic ring is 1. The summed E-state index contributed by atoms with van der Waals surface area (Å²) in [6.45, 7) is 5.81. The van der Waals surface area contributed by atoms with Gasteiger partial charge in [0.1, 0.15) is 27.5 Å². The van der Waals surface area contributed by atoms with Crippen molar-refractivity contribution in [2.24, 2.45) is 0 Å². The number of benzene rings is 2. The predicted octanol–water partition coefficient (Wildman–Crippen LogP) is 9.00. The third-order valence-corrected chi connectivity index (χ3v) is 16.7. The number of anilines is 2. The molecule has 0 amide bonds. The quantitative estimate of drug-likeness (QED) is 0.0691. The molecule has 9 heterocycles. The first-order valence-electron chi connectivity index (χ1n) is 23.9. The molecule has 0 atom stereocenters. The van der Waals surface area contributed by atoms with Crippen molar-refractivity contribution in [2.45, 2.75) is 80.9 Å². The molecule has 418 valence electrons. The zero-order chi connectivity index (χ0) is 57.0. The highest BCUT2D eigenvalue weighted by Crippen LogP contribution is 2.44. The maximum atomic E-state index is 13.4. The number of nitrogens with one attached hydrogen (secondary N) is 1. The van der Waals surface area contributed by atoms with E-state index in [0.29, 0.717) is 76.7 Å². The van der Waals surface area contributed by atoms with E-state index in [1.165, 1.54) is 39.1 Å². The number of pyridine rings is 4. The highest BCUT2D eigenvalue weighted by Gasteiger charge is 2.45. The minimum Gasteiger partial charge on any atom is -0.481 e. The van der Waals surface area contributed by atoms with Crippen molar-refractivity contribution in [1.82, 2.24) is 38.1 Å². The number of carboxylic acid groups (broad SMARTS) is 1. The van der Waals surface area contributed by atoms with Crippen LogP contribution in [-0.4, -0.2) is 117 Å². The number of halogens is 6. The molecule has 0 spiro atoms. The van der Waals surface area contributed by atoms with Crippen molar-refractivity contribution in [1.29, 1.82) is 0 Å². The van der Waals surface area contributed by atoms with E-state index in [2.05, 4.69) is 39.2 Å². The molecule has 0 unspecified atom stereocenters. The van der Waals surface area contributed by atoms with Gasteiger partial charge in [-0.05, 0) is 112 Å². The van der Waals surface area contributed by atoms with Crippen molar-refractivity contribution in [3.8, 4) is 34.4 Å². The van der Waals surface area contributed by atoms with Gasteiger partial charge < -0.3 is 39.7 Å². The number of piperidine rings is 2. The van der Waals surface area contributed by atoms with Gasteiger partial charge >= 0.3 is 12.6 Å². The third-order valence-electron chi connectivity index (χ3n) is 12.3. The smallest absolute Gasteiger partial charge is 0.481 e. The van der Waals surface area contributed by atoms with Crippen molar-refractivity contribution >= 4 is 78.2 Å². The summed E-state index contributed by atoms with van der Waals surface area (Å²) in [7, 11) is -7.80. The topological polar surface area (TPSA) is 273 Å². The lowest BCUT2D eigenvalue weighted by Crippen LogP contribution is -2.42. The Balaban J connectivity index is 0.000000173. The Bertz CT molecular complexity index is 3640. The molecule has 5 aromatic heterocycles. The van der Waals surface area contributed by atoms with Gasteiger partial charge in [-0.1, -0.05) is 23.2 Å². The Morgan fingerprint density at radius 1 is 0.709 bits per heavy atom. The Morgan fingerprint density at radius 3 is 1.72 bits per heavy atom. The number of imidazole rings is 1. The van der Waals surface area contributed by atoms with Crippen LogP contribution in [0.25, 0.3) is 22.6 Å². The number of carboxylic acids is 1. The fourth-order valence-corrected chi connectivity index (χ4v) is 11.9. The molecule has 0 radical (unpaired) electrons. The summed E-state index contributed by atoms with van der Waals surface area (Å²) < 4.78 is 128. The average Bonchev–Trinajstić information content (AvgIpc) is 4.14. The lowest BCUT2D eigenvalue weighted by atomic mass is 10.1. The fourth-order valence-electron chi connectivity index (χ4n) is 8.58. The Kier molecular flexibility index (Phi) is 17.2. The Hall–Kier alpha value is -7.43. The molecular formula is C50H48Cl2F4N10O11S2. The third kappa shape index (κ3) is 13.5. The molecule has 29 heteroatoms. The number of rotatable bonds is 9. The van der Waals surface area contributed by atoms with Crippen LogP contribution >= 0.6 is 23.2 Å². The second kappa shape index (κ2) is 23.5. The maximum absolute atomic E-state index is 13.4. The number of fused-ring (bicyclic) bond motifs is 3. The van der Waals surface area contributed by atoms with Crippen LogP contribution in [0, 0.1) is 13.8 Å². The second-order valence-corrected chi connectivity index (χ2v) is 22.5. The molecule has 21 nitrogen and oxygen atoms in total. The van der Waals surface area contributed by atoms with Crippen molar-refractivity contribution in [3.63, 3.8) is 0 Å². The number of hydrogen-bond acceptors (Lipinski definition) is 17. The molecule has 2 saturated heterocycles. The van der Waals surface area contributed by atoms with Gasteiger partial charge in [0.25, 0.3) is 5.97 Å². The summed E-state index contributed by atoms with van der Waals surface area (Å²) in [5.41, 5.74) is 10.6. The number of nitrogens with two attached hydrogens (primary N) is 1. The number of ether oxygens (including phenoxy) is 4. The molecule has 11 rings (SSSR count). The number of hydrogen-bond donors (Lipinski definition) is 3. The molecule has 4 N–H and O–H groups in total. The van der Waals surface area contributed by atoms with Gasteiger partial charge in [-0.2, -0.15) is 8.61 Å². The number of aliphatic carboxylic acids is 1. The highest BCUT2D eigenvalue weighted by molar-refractivity contribution is 7.89. The van der Waals surface area contributed by atoms with E-state index in [9.17, 15) is 39.2 Å². The van der Waals surface area contributed by atoms with Gasteiger partial charge in [-0.3, -0.25) is 9.59 Å². The van der Waals surface area contributed by atoms with Crippen molar-refractivity contribution < 1.29 is 68.0 Å². The van der Waals surface area contributed by atoms with Crippen LogP contribution in [0.1, 0.15) is 60.4 Å². The van der Waals surface area contributed by atoms with Gasteiger partial charge in [0.05, 0.1) is 26.6 Å². The molecule has 0 bridgehead atoms. The second-order valence-electron chi connectivity index (χ2n) is 17.9. The van der Waals surface area contributed by atoms with Gasteiger partial charge in [0.2, 0.25) is 20.0 Å². The number of nitrogens with zero attached hydrogens (tertiary/aromatic N) is 8. The number of carbonyl (C=O) groups excluding carboxylic acids is 1. The van der Waals surface area contributed by atoms with Crippen LogP contribution in [0.4, 0.5) is 29.1 Å². The van der Waals surface area contributed by atoms with E-state index in [-0.39, 0.29) is 76.2 Å². The summed E-state index contributed by atoms with van der Waals surface area (Å²) in [6.07, 6.45) is -1.74. The number of alkyl halides is 4. The van der Waals surface area contributed by atoms with Crippen LogP contribution in [0.2, 0.25) is 10.3 Å². The lowest BCUT2D eigenvalue weighted by Gasteiger charge is -2.32. The molecule has 4 aliphatic heterocycles. The summed E-state index contributed by atoms with van der Waals surface area (Å²) in [4.78, 5) is 40.6. The Morgan fingerprint density at radius 2 is 1.20 bits per heavy atom. The summed E-state index contributed by atoms with van der Waals surface area (Å²) in [5, 5.41) is 11.3. The van der Waals surface area contributed by atoms with E-state index in [4.69, 9.17) is 48.8 Å². The summed E-state index contributed by atoms with van der Waals surface area (Å²) in [6, 6.07) is 21.1. The zero-order valence-corrected chi connectivity index (χ0v) is 45.0. The van der Waals surface area contributed by atoms with Crippen molar-refractivity contribution in [3.05, 3.63) is 125 Å². The van der Waals surface area contributed by atoms with Gasteiger partial charge in [-0.15, -0.1) is 17.6 Å². The first kappa shape index (κ1) is 57.7. The maximum Gasteiger partial charge on any atom is 0.586 e. The number of aryl methyl sites for hydroxylation is 2. The number of aldehydes is 1. The molecule has 0 aliphatic carbocycles. The van der Waals surface area contributed by atoms with E-state index in [1.54, 1.807) is 30.5 Å². The van der Waals surface area contributed by atoms with Gasteiger partial charge in [0.15, 0.2) is 34.9 Å². The number of aromatic nitrogens is 6. The SMILES string of the molecule is CC(=O)O.Cc1ccc(N)c(NC2CCN(S(=O)(=O)c3ccc4c(c3)OC(F)(F)O4)CC2)n1.Cc1ccc2nc(-c3cccnc3Cl)n(C3CCN(S(=O)(=O)c4ccc5c(c4)OC(F)(F)O5)CC3)c2n1.O=Cc1cccnc1Cl. The minimum absolute atomic E-state index is 0.0218. The first-order chi connectivity index (χ1) is 37.3. The predicted molar refractivity (Wildman–Crippen MR) is 280 cm³/mol. The molecule has 4 aliphatic rings.